The van der Waals surface area contributed by atoms with Gasteiger partial charge in [-0.3, -0.25) is 5.10 Å². The molecule has 0 saturated heterocycles. The van der Waals surface area contributed by atoms with E-state index in [0.717, 1.165) is 30.1 Å². The van der Waals surface area contributed by atoms with E-state index in [-0.39, 0.29) is 5.28 Å². The van der Waals surface area contributed by atoms with Gasteiger partial charge in [-0.05, 0) is 36.2 Å². The Balaban J connectivity index is 1.62. The molecule has 3 rings (SSSR count). The summed E-state index contributed by atoms with van der Waals surface area (Å²) in [5, 5.41) is 10.4. The van der Waals surface area contributed by atoms with Gasteiger partial charge in [0.15, 0.2) is 0 Å². The third-order valence-corrected chi connectivity index (χ3v) is 2.91. The highest BCUT2D eigenvalue weighted by Gasteiger charge is 2.04. The monoisotopic (exact) mass is 289 g/mol. The normalized spacial score (nSPS) is 10.7. The average molecular weight is 290 g/mol. The maximum atomic E-state index is 5.72. The standard InChI is InChI=1S/C13H12ClN5O/c14-13-15-6-5-11(17-13)16-12-8-9(18-19-12)3-4-10-2-1-7-20-10/h1-2,5-8H,3-4H2,(H2,15,16,17,18,19). The molecule has 0 aliphatic heterocycles. The Bertz CT molecular complexity index is 680. The van der Waals surface area contributed by atoms with Gasteiger partial charge < -0.3 is 9.73 Å². The van der Waals surface area contributed by atoms with Crippen molar-refractivity contribution in [2.24, 2.45) is 0 Å². The van der Waals surface area contributed by atoms with Gasteiger partial charge in [-0.15, -0.1) is 0 Å². The quantitative estimate of drug-likeness (QED) is 0.706. The molecule has 20 heavy (non-hydrogen) atoms. The third-order valence-electron chi connectivity index (χ3n) is 2.73. The van der Waals surface area contributed by atoms with Gasteiger partial charge in [0.1, 0.15) is 17.4 Å². The van der Waals surface area contributed by atoms with Crippen molar-refractivity contribution in [2.45, 2.75) is 12.8 Å². The van der Waals surface area contributed by atoms with Gasteiger partial charge in [0, 0.05) is 18.7 Å². The summed E-state index contributed by atoms with van der Waals surface area (Å²) in [6.07, 6.45) is 4.88. The summed E-state index contributed by atoms with van der Waals surface area (Å²) >= 11 is 5.72. The molecule has 0 aliphatic rings. The zero-order valence-corrected chi connectivity index (χ0v) is 11.3. The van der Waals surface area contributed by atoms with Crippen LogP contribution in [-0.4, -0.2) is 20.2 Å². The summed E-state index contributed by atoms with van der Waals surface area (Å²) in [7, 11) is 0. The molecule has 6 nitrogen and oxygen atoms in total. The van der Waals surface area contributed by atoms with Crippen molar-refractivity contribution in [1.82, 2.24) is 20.2 Å². The van der Waals surface area contributed by atoms with E-state index in [1.54, 1.807) is 18.5 Å². The zero-order valence-electron chi connectivity index (χ0n) is 10.5. The van der Waals surface area contributed by atoms with Crippen LogP contribution >= 0.6 is 11.6 Å². The van der Waals surface area contributed by atoms with E-state index in [9.17, 15) is 0 Å². The molecule has 7 heteroatoms. The predicted molar refractivity (Wildman–Crippen MR) is 75.0 cm³/mol. The fraction of sp³-hybridized carbons (Fsp3) is 0.154. The van der Waals surface area contributed by atoms with Crippen molar-refractivity contribution in [3.63, 3.8) is 0 Å². The number of nitrogens with zero attached hydrogens (tertiary/aromatic N) is 3. The van der Waals surface area contributed by atoms with E-state index in [4.69, 9.17) is 16.0 Å². The molecule has 3 aromatic heterocycles. The highest BCUT2D eigenvalue weighted by atomic mass is 35.5. The SMILES string of the molecule is Clc1nccc(Nc2cc(CCc3ccco3)n[nH]2)n1. The van der Waals surface area contributed by atoms with Crippen molar-refractivity contribution in [3.8, 4) is 0 Å². The highest BCUT2D eigenvalue weighted by molar-refractivity contribution is 6.28. The maximum Gasteiger partial charge on any atom is 0.224 e. The number of H-pyrrole nitrogens is 1. The molecule has 0 spiro atoms. The number of rotatable bonds is 5. The molecule has 0 bridgehead atoms. The molecule has 0 atom stereocenters. The van der Waals surface area contributed by atoms with Crippen LogP contribution in [0.15, 0.2) is 41.1 Å². The minimum Gasteiger partial charge on any atom is -0.469 e. The first-order valence-electron chi connectivity index (χ1n) is 6.12. The van der Waals surface area contributed by atoms with Gasteiger partial charge in [0.25, 0.3) is 0 Å². The second kappa shape index (κ2) is 5.75. The van der Waals surface area contributed by atoms with Crippen molar-refractivity contribution in [3.05, 3.63) is 53.5 Å². The number of halogens is 1. The Morgan fingerprint density at radius 3 is 3.05 bits per heavy atom. The Hall–Kier alpha value is -2.34. The first-order chi connectivity index (χ1) is 9.79. The molecule has 0 fully saturated rings. The number of hydrogen-bond donors (Lipinski definition) is 2. The number of aromatic nitrogens is 4. The van der Waals surface area contributed by atoms with Crippen LogP contribution in [0.1, 0.15) is 11.5 Å². The smallest absolute Gasteiger partial charge is 0.224 e. The minimum atomic E-state index is 0.201. The molecule has 0 unspecified atom stereocenters. The summed E-state index contributed by atoms with van der Waals surface area (Å²) in [5.41, 5.74) is 0.948. The lowest BCUT2D eigenvalue weighted by atomic mass is 10.2. The molecule has 0 aliphatic carbocycles. The van der Waals surface area contributed by atoms with Crippen LogP contribution in [0, 0.1) is 0 Å². The molecule has 3 aromatic rings. The van der Waals surface area contributed by atoms with E-state index in [2.05, 4.69) is 25.5 Å². The maximum absolute atomic E-state index is 5.72. The predicted octanol–water partition coefficient (Wildman–Crippen LogP) is 2.97. The molecular formula is C13H12ClN5O. The fourth-order valence-electron chi connectivity index (χ4n) is 1.80. The first-order valence-corrected chi connectivity index (χ1v) is 6.49. The number of anilines is 2. The number of hydrogen-bond acceptors (Lipinski definition) is 5. The summed E-state index contributed by atoms with van der Waals surface area (Å²) in [6.45, 7) is 0. The number of aryl methyl sites for hydroxylation is 2. The lowest BCUT2D eigenvalue weighted by Gasteiger charge is -2.00. The topological polar surface area (TPSA) is 79.6 Å². The van der Waals surface area contributed by atoms with Crippen molar-refractivity contribution < 1.29 is 4.42 Å². The Morgan fingerprint density at radius 1 is 1.30 bits per heavy atom. The van der Waals surface area contributed by atoms with Crippen LogP contribution in [0.5, 0.6) is 0 Å². The van der Waals surface area contributed by atoms with Crippen LogP contribution in [0.3, 0.4) is 0 Å². The third kappa shape index (κ3) is 3.16. The lowest BCUT2D eigenvalue weighted by Crippen LogP contribution is -1.94. The van der Waals surface area contributed by atoms with E-state index < -0.39 is 0 Å². The minimum absolute atomic E-state index is 0.201. The molecule has 2 N–H and O–H groups in total. The molecule has 0 aromatic carbocycles. The Labute approximate surface area is 120 Å². The molecule has 0 radical (unpaired) electrons. The van der Waals surface area contributed by atoms with E-state index >= 15 is 0 Å². The first kappa shape index (κ1) is 12.7. The van der Waals surface area contributed by atoms with Crippen LogP contribution in [-0.2, 0) is 12.8 Å². The Kier molecular flexibility index (Phi) is 3.64. The Morgan fingerprint density at radius 2 is 2.25 bits per heavy atom. The molecule has 3 heterocycles. The van der Waals surface area contributed by atoms with E-state index in [1.807, 2.05) is 18.2 Å². The average Bonchev–Trinajstić information content (AvgIpc) is 3.07. The van der Waals surface area contributed by atoms with Crippen molar-refractivity contribution in [2.75, 3.05) is 5.32 Å². The van der Waals surface area contributed by atoms with Crippen LogP contribution in [0.2, 0.25) is 5.28 Å². The van der Waals surface area contributed by atoms with Gasteiger partial charge >= 0.3 is 0 Å². The zero-order chi connectivity index (χ0) is 13.8. The van der Waals surface area contributed by atoms with Crippen LogP contribution in [0.4, 0.5) is 11.6 Å². The number of nitrogens with one attached hydrogen (secondary N) is 2. The number of aromatic amines is 1. The van der Waals surface area contributed by atoms with Crippen molar-refractivity contribution >= 4 is 23.2 Å². The summed E-state index contributed by atoms with van der Waals surface area (Å²) in [6, 6.07) is 7.49. The number of furan rings is 1. The lowest BCUT2D eigenvalue weighted by molar-refractivity contribution is 0.507. The van der Waals surface area contributed by atoms with Crippen LogP contribution in [0.25, 0.3) is 0 Å². The largest absolute Gasteiger partial charge is 0.469 e. The fourth-order valence-corrected chi connectivity index (χ4v) is 1.95. The van der Waals surface area contributed by atoms with E-state index in [0.29, 0.717) is 5.82 Å². The molecule has 0 saturated carbocycles. The van der Waals surface area contributed by atoms with Gasteiger partial charge in [-0.25, -0.2) is 9.97 Å². The summed E-state index contributed by atoms with van der Waals surface area (Å²) in [5.74, 6) is 2.32. The van der Waals surface area contributed by atoms with E-state index in [1.165, 1.54) is 0 Å². The van der Waals surface area contributed by atoms with Crippen LogP contribution < -0.4 is 5.32 Å². The second-order valence-electron chi connectivity index (χ2n) is 4.19. The highest BCUT2D eigenvalue weighted by Crippen LogP contribution is 2.15. The van der Waals surface area contributed by atoms with Gasteiger partial charge in [0.2, 0.25) is 5.28 Å². The second-order valence-corrected chi connectivity index (χ2v) is 4.53. The molecule has 0 amide bonds. The molecule has 102 valence electrons. The van der Waals surface area contributed by atoms with Gasteiger partial charge in [-0.1, -0.05) is 0 Å². The van der Waals surface area contributed by atoms with Gasteiger partial charge in [-0.2, -0.15) is 5.10 Å². The summed E-state index contributed by atoms with van der Waals surface area (Å²) in [4.78, 5) is 7.87. The summed E-state index contributed by atoms with van der Waals surface area (Å²) < 4.78 is 5.29. The van der Waals surface area contributed by atoms with Crippen molar-refractivity contribution in [1.29, 1.82) is 0 Å². The molecular weight excluding hydrogens is 278 g/mol. The van der Waals surface area contributed by atoms with Gasteiger partial charge in [0.05, 0.1) is 12.0 Å².